The van der Waals surface area contributed by atoms with E-state index >= 15 is 4.79 Å². The number of aliphatic hydroxyl groups is 2. The van der Waals surface area contributed by atoms with Gasteiger partial charge in [0.2, 0.25) is 0 Å². The summed E-state index contributed by atoms with van der Waals surface area (Å²) in [6.07, 6.45) is -7.48. The second kappa shape index (κ2) is 13.1. The van der Waals surface area contributed by atoms with Crippen molar-refractivity contribution in [2.45, 2.75) is 129 Å². The molecule has 1 aromatic rings. The summed E-state index contributed by atoms with van der Waals surface area (Å²) in [5, 5.41) is 25.2. The first kappa shape index (κ1) is 38.0. The summed E-state index contributed by atoms with van der Waals surface area (Å²) in [6, 6.07) is 10.1. The van der Waals surface area contributed by atoms with E-state index in [0.29, 0.717) is 18.1 Å². The van der Waals surface area contributed by atoms with Crippen LogP contribution in [0.4, 0.5) is 0 Å². The number of hydrogen-bond acceptors (Lipinski definition) is 12. The minimum atomic E-state index is -2.65. The predicted molar refractivity (Wildman–Crippen MR) is 181 cm³/mol. The number of benzene rings is 1. The number of esters is 3. The number of ketones is 2. The van der Waals surface area contributed by atoms with Crippen molar-refractivity contribution in [2.75, 3.05) is 6.61 Å². The average molecular weight is 715 g/mol. The van der Waals surface area contributed by atoms with Gasteiger partial charge in [-0.15, -0.1) is 0 Å². The standard InChI is InChI=1S/C37H50O12Si/c1-10-50(11-2,12-3)49-24-18-25-36(19-45-25,48-22(6)39)29-32(47-33(43)23-16-14-13-15-17-23)37(44)30(41)27(40)20(4)26(34(37,7)8)28(46-21(5)38)31(42)35(24,29)9/h13-17,24-25,28-30,32,41,44H,10-12,18-19H2,1-9H3/t24-,25+,28+,29-,30-,32-,35+,36-,37+/m0/s1. The molecule has 5 rings (SSSR count). The third-order valence-electron chi connectivity index (χ3n) is 12.4. The molecular weight excluding hydrogens is 664 g/mol. The fraction of sp³-hybridized carbons (Fsp3) is 0.649. The summed E-state index contributed by atoms with van der Waals surface area (Å²) < 4.78 is 31.5. The minimum Gasteiger partial charge on any atom is -0.455 e. The highest BCUT2D eigenvalue weighted by molar-refractivity contribution is 6.73. The zero-order valence-electron chi connectivity index (χ0n) is 30.4. The Balaban J connectivity index is 1.92. The van der Waals surface area contributed by atoms with Crippen LogP contribution < -0.4 is 0 Å². The van der Waals surface area contributed by atoms with Crippen LogP contribution in [-0.4, -0.2) is 96.3 Å². The monoisotopic (exact) mass is 714 g/mol. The third-order valence-corrected chi connectivity index (χ3v) is 17.0. The van der Waals surface area contributed by atoms with Crippen LogP contribution in [0.5, 0.6) is 0 Å². The van der Waals surface area contributed by atoms with Crippen LogP contribution in [0.25, 0.3) is 0 Å². The van der Waals surface area contributed by atoms with Gasteiger partial charge in [0.15, 0.2) is 31.6 Å². The zero-order chi connectivity index (χ0) is 37.2. The molecule has 1 aliphatic heterocycles. The Morgan fingerprint density at radius 1 is 0.960 bits per heavy atom. The second-order valence-corrected chi connectivity index (χ2v) is 19.7. The van der Waals surface area contributed by atoms with Gasteiger partial charge in [0.1, 0.15) is 23.9 Å². The molecule has 3 fully saturated rings. The summed E-state index contributed by atoms with van der Waals surface area (Å²) in [5.41, 5.74) is -7.88. The van der Waals surface area contributed by atoms with Crippen molar-refractivity contribution in [1.82, 2.24) is 0 Å². The maximum Gasteiger partial charge on any atom is 0.338 e. The number of carbonyl (C=O) groups is 5. The Morgan fingerprint density at radius 3 is 2.06 bits per heavy atom. The molecule has 4 aliphatic rings. The van der Waals surface area contributed by atoms with Gasteiger partial charge in [-0.05, 0) is 55.3 Å². The van der Waals surface area contributed by atoms with Crippen LogP contribution in [0.15, 0.2) is 41.5 Å². The highest BCUT2D eigenvalue weighted by Crippen LogP contribution is 2.64. The van der Waals surface area contributed by atoms with Crippen molar-refractivity contribution < 1.29 is 57.6 Å². The van der Waals surface area contributed by atoms with Crippen LogP contribution in [0, 0.1) is 16.7 Å². The Morgan fingerprint density at radius 2 is 1.56 bits per heavy atom. The van der Waals surface area contributed by atoms with E-state index in [9.17, 15) is 29.4 Å². The SMILES string of the molecule is CC[Si](CC)(CC)O[C@H]1C[C@H]2OC[C@@]2(OC(C)=O)[C@H]2[C@H](OC(=O)c3ccccc3)[C@]3(O)[C@@H](O)C(=O)C(C)=C([C@@H](OC(C)=O)C(=O)[C@]12C)C3(C)C. The maximum absolute atomic E-state index is 15.6. The number of ether oxygens (including phenoxy) is 4. The molecule has 274 valence electrons. The van der Waals surface area contributed by atoms with Gasteiger partial charge in [-0.2, -0.15) is 0 Å². The molecular formula is C37H50O12Si. The van der Waals surface area contributed by atoms with Gasteiger partial charge in [-0.3, -0.25) is 19.2 Å². The number of Topliss-reactive ketones (excluding diaryl/α,β-unsaturated/α-hetero) is 2. The van der Waals surface area contributed by atoms with Gasteiger partial charge >= 0.3 is 17.9 Å². The minimum absolute atomic E-state index is 0.0202. The molecule has 1 aromatic carbocycles. The topological polar surface area (TPSA) is 172 Å². The van der Waals surface area contributed by atoms with Crippen LogP contribution >= 0.6 is 0 Å². The summed E-state index contributed by atoms with van der Waals surface area (Å²) in [6.45, 7) is 14.2. The Labute approximate surface area is 293 Å². The molecule has 3 aliphatic carbocycles. The number of rotatable bonds is 9. The molecule has 0 aromatic heterocycles. The van der Waals surface area contributed by atoms with Gasteiger partial charge < -0.3 is 33.6 Å². The largest absolute Gasteiger partial charge is 0.455 e. The van der Waals surface area contributed by atoms with Crippen molar-refractivity contribution in [2.24, 2.45) is 16.7 Å². The Hall–Kier alpha value is -3.23. The average Bonchev–Trinajstić information content (AvgIpc) is 3.07. The Bertz CT molecular complexity index is 1590. The molecule has 0 spiro atoms. The van der Waals surface area contributed by atoms with E-state index in [0.717, 1.165) is 6.92 Å². The molecule has 2 bridgehead atoms. The summed E-state index contributed by atoms with van der Waals surface area (Å²) in [7, 11) is -2.55. The first-order valence-electron chi connectivity index (χ1n) is 17.4. The summed E-state index contributed by atoms with van der Waals surface area (Å²) in [4.78, 5) is 69.5. The molecule has 13 heteroatoms. The highest BCUT2D eigenvalue weighted by Gasteiger charge is 2.80. The smallest absolute Gasteiger partial charge is 0.338 e. The lowest BCUT2D eigenvalue weighted by Crippen LogP contribution is -2.83. The number of fused-ring (bicyclic) bond motifs is 5. The lowest BCUT2D eigenvalue weighted by Gasteiger charge is -2.68. The van der Waals surface area contributed by atoms with Crippen molar-refractivity contribution in [3.8, 4) is 0 Å². The normalized spacial score (nSPS) is 36.2. The molecule has 9 atom stereocenters. The number of carbonyl (C=O) groups excluding carboxylic acids is 5. The van der Waals surface area contributed by atoms with Gasteiger partial charge in [-0.1, -0.05) is 52.8 Å². The lowest BCUT2D eigenvalue weighted by atomic mass is 9.44. The zero-order valence-corrected chi connectivity index (χ0v) is 31.4. The molecule has 0 unspecified atom stereocenters. The molecule has 0 radical (unpaired) electrons. The fourth-order valence-corrected chi connectivity index (χ4v) is 12.3. The van der Waals surface area contributed by atoms with E-state index < -0.39 is 96.3 Å². The van der Waals surface area contributed by atoms with E-state index in [-0.39, 0.29) is 29.7 Å². The predicted octanol–water partition coefficient (Wildman–Crippen LogP) is 3.86. The van der Waals surface area contributed by atoms with Crippen molar-refractivity contribution in [1.29, 1.82) is 0 Å². The van der Waals surface area contributed by atoms with Crippen LogP contribution in [0.3, 0.4) is 0 Å². The third kappa shape index (κ3) is 5.34. The first-order valence-corrected chi connectivity index (χ1v) is 20.0. The first-order chi connectivity index (χ1) is 23.3. The van der Waals surface area contributed by atoms with Crippen molar-refractivity contribution >= 4 is 37.8 Å². The van der Waals surface area contributed by atoms with E-state index in [1.54, 1.807) is 25.1 Å². The Kier molecular flexibility index (Phi) is 9.94. The van der Waals surface area contributed by atoms with Gasteiger partial charge in [0, 0.05) is 25.7 Å². The van der Waals surface area contributed by atoms with Crippen molar-refractivity contribution in [3.05, 3.63) is 47.0 Å². The number of aliphatic hydroxyl groups excluding tert-OH is 1. The van der Waals surface area contributed by atoms with E-state index in [4.69, 9.17) is 23.4 Å². The molecule has 50 heavy (non-hydrogen) atoms. The lowest BCUT2D eigenvalue weighted by molar-refractivity contribution is -0.347. The van der Waals surface area contributed by atoms with Gasteiger partial charge in [0.05, 0.1) is 29.6 Å². The molecule has 12 nitrogen and oxygen atoms in total. The van der Waals surface area contributed by atoms with Gasteiger partial charge in [0.25, 0.3) is 0 Å². The van der Waals surface area contributed by atoms with E-state index in [2.05, 4.69) is 0 Å². The maximum atomic E-state index is 15.6. The highest BCUT2D eigenvalue weighted by atomic mass is 28.4. The van der Waals surface area contributed by atoms with E-state index in [1.165, 1.54) is 39.8 Å². The van der Waals surface area contributed by atoms with Crippen LogP contribution in [-0.2, 0) is 42.6 Å². The quantitative estimate of drug-likeness (QED) is 0.215. The van der Waals surface area contributed by atoms with Gasteiger partial charge in [-0.25, -0.2) is 4.79 Å². The second-order valence-electron chi connectivity index (χ2n) is 15.0. The fourth-order valence-electron chi connectivity index (χ4n) is 9.31. The molecule has 1 heterocycles. The molecule has 2 N–H and O–H groups in total. The molecule has 2 saturated carbocycles. The number of hydrogen-bond donors (Lipinski definition) is 2. The van der Waals surface area contributed by atoms with Crippen LogP contribution in [0.2, 0.25) is 18.1 Å². The van der Waals surface area contributed by atoms with Crippen LogP contribution in [0.1, 0.15) is 79.1 Å². The summed E-state index contributed by atoms with van der Waals surface area (Å²) >= 11 is 0. The van der Waals surface area contributed by atoms with E-state index in [1.807, 2.05) is 20.8 Å². The van der Waals surface area contributed by atoms with Crippen molar-refractivity contribution in [3.63, 3.8) is 0 Å². The summed E-state index contributed by atoms with van der Waals surface area (Å²) in [5.74, 6) is -5.50. The molecule has 0 amide bonds. The molecule has 1 saturated heterocycles.